The molecule has 0 spiro atoms. The van der Waals surface area contributed by atoms with E-state index in [1.165, 1.54) is 88.4 Å². The third-order valence-corrected chi connectivity index (χ3v) is 9.17. The summed E-state index contributed by atoms with van der Waals surface area (Å²) in [4.78, 5) is 0. The van der Waals surface area contributed by atoms with Crippen molar-refractivity contribution in [2.75, 3.05) is 0 Å². The summed E-state index contributed by atoms with van der Waals surface area (Å²) in [7, 11) is 0. The molecule has 2 aliphatic heterocycles. The average molecular weight is 484 g/mol. The lowest BCUT2D eigenvalue weighted by Crippen LogP contribution is -2.55. The number of fused-ring (bicyclic) bond motifs is 8. The van der Waals surface area contributed by atoms with Crippen molar-refractivity contribution in [2.45, 2.75) is 20.8 Å². The van der Waals surface area contributed by atoms with Crippen molar-refractivity contribution in [3.8, 4) is 27.9 Å². The van der Waals surface area contributed by atoms with Crippen LogP contribution in [0.1, 0.15) is 16.8 Å². The lowest BCUT2D eigenvalue weighted by Gasteiger charge is -2.33. The standard InChI is InChI=1S/C35H25BN2/c1-20-10-8-11-21(2)31(20)32-22(3)38-34-25(13-9-14-27(32)34)24-18-19-26-23-12-4-6-16-29(23)37-30-17-7-5-15-28(30)36(38)33(24)35(26)37/h4-19H,1-3H3. The summed E-state index contributed by atoms with van der Waals surface area (Å²) in [5.74, 6) is 0. The number of nitrogens with zero attached hydrogens (tertiary/aromatic N) is 2. The highest BCUT2D eigenvalue weighted by Gasteiger charge is 2.41. The van der Waals surface area contributed by atoms with Gasteiger partial charge in [-0.2, -0.15) is 0 Å². The van der Waals surface area contributed by atoms with Gasteiger partial charge in [0.05, 0.1) is 11.0 Å². The topological polar surface area (TPSA) is 9.86 Å². The molecule has 178 valence electrons. The van der Waals surface area contributed by atoms with E-state index in [0.717, 1.165) is 0 Å². The van der Waals surface area contributed by atoms with Crippen LogP contribution in [0.5, 0.6) is 0 Å². The number of benzene rings is 5. The van der Waals surface area contributed by atoms with Crippen molar-refractivity contribution in [3.63, 3.8) is 0 Å². The van der Waals surface area contributed by atoms with Gasteiger partial charge in [-0.05, 0) is 66.1 Å². The zero-order valence-electron chi connectivity index (χ0n) is 21.7. The molecule has 0 aliphatic carbocycles. The first-order valence-corrected chi connectivity index (χ1v) is 13.5. The van der Waals surface area contributed by atoms with E-state index in [1.807, 2.05) is 0 Å². The van der Waals surface area contributed by atoms with Gasteiger partial charge in [0.1, 0.15) is 0 Å². The first-order valence-electron chi connectivity index (χ1n) is 13.5. The summed E-state index contributed by atoms with van der Waals surface area (Å²) < 4.78 is 5.18. The minimum absolute atomic E-state index is 0.136. The first kappa shape index (κ1) is 20.5. The van der Waals surface area contributed by atoms with E-state index in [4.69, 9.17) is 0 Å². The van der Waals surface area contributed by atoms with Crippen LogP contribution in [0.2, 0.25) is 0 Å². The number of hydrogen-bond acceptors (Lipinski definition) is 0. The van der Waals surface area contributed by atoms with Gasteiger partial charge < -0.3 is 9.05 Å². The van der Waals surface area contributed by atoms with Crippen LogP contribution in [0.3, 0.4) is 0 Å². The van der Waals surface area contributed by atoms with E-state index in [-0.39, 0.29) is 6.85 Å². The van der Waals surface area contributed by atoms with Gasteiger partial charge in [0.2, 0.25) is 0 Å². The molecule has 0 amide bonds. The highest BCUT2D eigenvalue weighted by atomic mass is 15.0. The average Bonchev–Trinajstić information content (AvgIpc) is 3.43. The van der Waals surface area contributed by atoms with Crippen molar-refractivity contribution in [3.05, 3.63) is 114 Å². The Balaban J connectivity index is 1.53. The van der Waals surface area contributed by atoms with Crippen LogP contribution >= 0.6 is 0 Å². The van der Waals surface area contributed by atoms with Gasteiger partial charge in [0, 0.05) is 44.2 Å². The monoisotopic (exact) mass is 484 g/mol. The molecule has 5 aromatic carbocycles. The molecule has 0 radical (unpaired) electrons. The maximum absolute atomic E-state index is 2.66. The van der Waals surface area contributed by atoms with Crippen LogP contribution in [-0.4, -0.2) is 15.9 Å². The van der Waals surface area contributed by atoms with Gasteiger partial charge in [-0.15, -0.1) is 0 Å². The second-order valence-electron chi connectivity index (χ2n) is 11.0. The zero-order valence-corrected chi connectivity index (χ0v) is 21.7. The summed E-state index contributed by atoms with van der Waals surface area (Å²) in [5, 5.41) is 4.02. The molecule has 0 saturated heterocycles. The van der Waals surface area contributed by atoms with E-state index >= 15 is 0 Å². The molecule has 4 heterocycles. The van der Waals surface area contributed by atoms with Crippen molar-refractivity contribution in [2.24, 2.45) is 0 Å². The Morgan fingerprint density at radius 3 is 2.16 bits per heavy atom. The lowest BCUT2D eigenvalue weighted by atomic mass is 9.45. The fourth-order valence-electron chi connectivity index (χ4n) is 7.74. The summed E-state index contributed by atoms with van der Waals surface area (Å²) in [6.45, 7) is 6.97. The smallest absolute Gasteiger partial charge is 0.332 e. The van der Waals surface area contributed by atoms with Crippen LogP contribution in [0.25, 0.3) is 60.6 Å². The van der Waals surface area contributed by atoms with E-state index in [2.05, 4.69) is 127 Å². The number of para-hydroxylation sites is 3. The minimum atomic E-state index is 0.136. The van der Waals surface area contributed by atoms with E-state index in [1.54, 1.807) is 0 Å². The molecule has 0 saturated carbocycles. The number of rotatable bonds is 1. The summed E-state index contributed by atoms with van der Waals surface area (Å²) >= 11 is 0. The van der Waals surface area contributed by atoms with E-state index < -0.39 is 0 Å². The largest absolute Gasteiger partial charge is 0.379 e. The van der Waals surface area contributed by atoms with Crippen LogP contribution in [0.4, 0.5) is 0 Å². The predicted molar refractivity (Wildman–Crippen MR) is 162 cm³/mol. The van der Waals surface area contributed by atoms with Gasteiger partial charge in [-0.25, -0.2) is 0 Å². The Bertz CT molecular complexity index is 2150. The normalized spacial score (nSPS) is 13.1. The fraction of sp³-hybridized carbons (Fsp3) is 0.0857. The van der Waals surface area contributed by atoms with Crippen LogP contribution in [0, 0.1) is 20.8 Å². The quantitative estimate of drug-likeness (QED) is 0.217. The minimum Gasteiger partial charge on any atom is -0.379 e. The van der Waals surface area contributed by atoms with Crippen LogP contribution in [0.15, 0.2) is 97.1 Å². The summed E-state index contributed by atoms with van der Waals surface area (Å²) in [6, 6.07) is 36.2. The first-order chi connectivity index (χ1) is 18.6. The van der Waals surface area contributed by atoms with Gasteiger partial charge in [0.15, 0.2) is 0 Å². The molecule has 0 atom stereocenters. The molecule has 0 N–H and O–H groups in total. The SMILES string of the molecule is Cc1cccc(C)c1-c1c(C)n2c3c(cccc13)-c1ccc3c4ccccc4n4c3c1B2c1ccccc1-4. The highest BCUT2D eigenvalue weighted by molar-refractivity contribution is 6.89. The summed E-state index contributed by atoms with van der Waals surface area (Å²) in [6.07, 6.45) is 0. The highest BCUT2D eigenvalue weighted by Crippen LogP contribution is 2.46. The van der Waals surface area contributed by atoms with E-state index in [9.17, 15) is 0 Å². The fourth-order valence-corrected chi connectivity index (χ4v) is 7.74. The van der Waals surface area contributed by atoms with Crippen molar-refractivity contribution in [1.82, 2.24) is 9.05 Å². The second kappa shape index (κ2) is 6.87. The van der Waals surface area contributed by atoms with Gasteiger partial charge in [-0.3, -0.25) is 0 Å². The van der Waals surface area contributed by atoms with Crippen molar-refractivity contribution >= 4 is 50.5 Å². The third kappa shape index (κ3) is 2.24. The lowest BCUT2D eigenvalue weighted by molar-refractivity contribution is 1.13. The number of aromatic nitrogens is 2. The Morgan fingerprint density at radius 1 is 0.553 bits per heavy atom. The maximum Gasteiger partial charge on any atom is 0.332 e. The van der Waals surface area contributed by atoms with Gasteiger partial charge in [-0.1, -0.05) is 84.9 Å². The Labute approximate surface area is 221 Å². The molecule has 2 aliphatic rings. The molecule has 9 rings (SSSR count). The molecule has 0 fully saturated rings. The predicted octanol–water partition coefficient (Wildman–Crippen LogP) is 7.28. The molecular weight excluding hydrogens is 459 g/mol. The van der Waals surface area contributed by atoms with E-state index in [0.29, 0.717) is 0 Å². The molecular formula is C35H25BN2. The summed E-state index contributed by atoms with van der Waals surface area (Å²) in [5.41, 5.74) is 17.6. The Hall–Kier alpha value is -4.50. The third-order valence-electron chi connectivity index (χ3n) is 9.17. The Kier molecular flexibility index (Phi) is 3.72. The van der Waals surface area contributed by atoms with Crippen molar-refractivity contribution in [1.29, 1.82) is 0 Å². The molecule has 7 aromatic rings. The maximum atomic E-state index is 2.66. The molecule has 0 unspecified atom stereocenters. The Morgan fingerprint density at radius 2 is 1.29 bits per heavy atom. The molecule has 0 bridgehead atoms. The second-order valence-corrected chi connectivity index (χ2v) is 11.0. The van der Waals surface area contributed by atoms with Gasteiger partial charge >= 0.3 is 6.85 Å². The number of hydrogen-bond donors (Lipinski definition) is 0. The number of aryl methyl sites for hydroxylation is 2. The van der Waals surface area contributed by atoms with Crippen LogP contribution < -0.4 is 10.9 Å². The zero-order chi connectivity index (χ0) is 25.3. The molecule has 2 nitrogen and oxygen atoms in total. The van der Waals surface area contributed by atoms with Crippen LogP contribution in [-0.2, 0) is 0 Å². The van der Waals surface area contributed by atoms with Crippen molar-refractivity contribution < 1.29 is 0 Å². The van der Waals surface area contributed by atoms with Gasteiger partial charge in [0.25, 0.3) is 0 Å². The molecule has 2 aromatic heterocycles. The molecule has 38 heavy (non-hydrogen) atoms. The molecule has 3 heteroatoms.